The Morgan fingerprint density at radius 2 is 1.83 bits per heavy atom. The molecule has 6 N–H and O–H groups in total. The zero-order chi connectivity index (χ0) is 21.4. The van der Waals surface area contributed by atoms with Gasteiger partial charge in [0, 0.05) is 17.9 Å². The van der Waals surface area contributed by atoms with Crippen molar-refractivity contribution in [1.82, 2.24) is 10.2 Å². The molecule has 2 amide bonds. The predicted octanol–water partition coefficient (Wildman–Crippen LogP) is 1.14. The second-order valence-corrected chi connectivity index (χ2v) is 8.16. The van der Waals surface area contributed by atoms with Gasteiger partial charge in [-0.15, -0.1) is 10.2 Å². The minimum absolute atomic E-state index is 0.0120. The van der Waals surface area contributed by atoms with Crippen LogP contribution in [0.3, 0.4) is 0 Å². The van der Waals surface area contributed by atoms with Crippen LogP contribution >= 0.6 is 11.3 Å². The molecular formula is C20H31N5O3S+2. The lowest BCUT2D eigenvalue weighted by Gasteiger charge is -2.21. The van der Waals surface area contributed by atoms with Gasteiger partial charge >= 0.3 is 0 Å². The first-order chi connectivity index (χ1) is 13.9. The maximum absolute atomic E-state index is 13.0. The maximum Gasteiger partial charge on any atom is 0.294 e. The van der Waals surface area contributed by atoms with Gasteiger partial charge in [-0.2, -0.15) is 0 Å². The number of imide groups is 1. The van der Waals surface area contributed by atoms with E-state index in [0.717, 1.165) is 30.7 Å². The molecule has 0 spiro atoms. The zero-order valence-corrected chi connectivity index (χ0v) is 18.2. The molecule has 0 unspecified atom stereocenters. The van der Waals surface area contributed by atoms with Crippen molar-refractivity contribution >= 4 is 28.3 Å². The Morgan fingerprint density at radius 3 is 2.41 bits per heavy atom. The number of carbonyl (C=O) groups excluding carboxylic acids is 2. The number of methoxy groups -OCH3 is 1. The van der Waals surface area contributed by atoms with Crippen molar-refractivity contribution in [3.05, 3.63) is 24.3 Å². The van der Waals surface area contributed by atoms with E-state index < -0.39 is 6.04 Å². The van der Waals surface area contributed by atoms with Crippen LogP contribution in [0.4, 0.5) is 5.13 Å². The van der Waals surface area contributed by atoms with Gasteiger partial charge in [0.25, 0.3) is 5.91 Å². The Bertz CT molecular complexity index is 807. The number of carbonyl (C=O) groups is 2. The molecular weight excluding hydrogens is 390 g/mol. The van der Waals surface area contributed by atoms with E-state index in [0.29, 0.717) is 11.4 Å². The average Bonchev–Trinajstić information content (AvgIpc) is 3.20. The van der Waals surface area contributed by atoms with Gasteiger partial charge in [0.1, 0.15) is 10.8 Å². The monoisotopic (exact) mass is 421 g/mol. The van der Waals surface area contributed by atoms with Gasteiger partial charge in [0.2, 0.25) is 11.0 Å². The van der Waals surface area contributed by atoms with Gasteiger partial charge in [0.05, 0.1) is 13.7 Å². The third kappa shape index (κ3) is 6.06. The second-order valence-electron chi connectivity index (χ2n) is 7.20. The number of ether oxygens (including phenoxy) is 1. The molecule has 0 bridgehead atoms. The fourth-order valence-corrected chi connectivity index (χ4v) is 3.55. The van der Waals surface area contributed by atoms with Gasteiger partial charge < -0.3 is 16.2 Å². The van der Waals surface area contributed by atoms with E-state index in [4.69, 9.17) is 4.74 Å². The first-order valence-corrected chi connectivity index (χ1v) is 10.7. The smallest absolute Gasteiger partial charge is 0.294 e. The Kier molecular flexibility index (Phi) is 8.69. The van der Waals surface area contributed by atoms with E-state index in [1.807, 2.05) is 38.1 Å². The first kappa shape index (κ1) is 22.9. The van der Waals surface area contributed by atoms with Gasteiger partial charge in [-0.05, 0) is 43.5 Å². The minimum atomic E-state index is -0.535. The molecule has 0 radical (unpaired) electrons. The van der Waals surface area contributed by atoms with Gasteiger partial charge in [0.15, 0.2) is 6.04 Å². The Hall–Kier alpha value is -2.36. The number of amides is 2. The molecule has 0 saturated heterocycles. The number of benzene rings is 1. The van der Waals surface area contributed by atoms with Crippen LogP contribution in [0.1, 0.15) is 39.5 Å². The first-order valence-electron chi connectivity index (χ1n) is 9.86. The molecule has 0 aliphatic carbocycles. The maximum atomic E-state index is 13.0. The number of quaternary nitrogens is 2. The van der Waals surface area contributed by atoms with Crippen LogP contribution in [0.5, 0.6) is 5.75 Å². The lowest BCUT2D eigenvalue weighted by molar-refractivity contribution is -0.413. The van der Waals surface area contributed by atoms with Crippen molar-refractivity contribution in [2.24, 2.45) is 5.92 Å². The average molecular weight is 422 g/mol. The van der Waals surface area contributed by atoms with Gasteiger partial charge in [-0.25, -0.2) is 4.90 Å². The second kappa shape index (κ2) is 11.0. The van der Waals surface area contributed by atoms with E-state index in [9.17, 15) is 9.59 Å². The number of nitrogens with zero attached hydrogens (tertiary/aromatic N) is 3. The van der Waals surface area contributed by atoms with E-state index in [2.05, 4.69) is 21.7 Å². The molecule has 2 rings (SSSR count). The van der Waals surface area contributed by atoms with Crippen molar-refractivity contribution < 1.29 is 25.8 Å². The fourth-order valence-electron chi connectivity index (χ4n) is 2.67. The standard InChI is InChI=1S/C20H29N5O3S/c1-13(2)17(22)19(27)25(16(26)7-5-4-6-12-21)20-24-23-18(29-20)14-8-10-15(28-3)11-9-14/h8-11,13,17H,4-7,12,21-22H2,1-3H3/p+2/t17-/m1/s1. The largest absolute Gasteiger partial charge is 0.497 e. The summed E-state index contributed by atoms with van der Waals surface area (Å²) in [5, 5.41) is 9.27. The lowest BCUT2D eigenvalue weighted by Crippen LogP contribution is -2.70. The van der Waals surface area contributed by atoms with E-state index in [1.54, 1.807) is 7.11 Å². The summed E-state index contributed by atoms with van der Waals surface area (Å²) >= 11 is 1.22. The zero-order valence-electron chi connectivity index (χ0n) is 17.4. The molecule has 1 aromatic carbocycles. The molecule has 0 saturated carbocycles. The van der Waals surface area contributed by atoms with Gasteiger partial charge in [-0.1, -0.05) is 25.2 Å². The summed E-state index contributed by atoms with van der Waals surface area (Å²) in [4.78, 5) is 27.1. The minimum Gasteiger partial charge on any atom is -0.497 e. The van der Waals surface area contributed by atoms with Crippen LogP contribution in [-0.2, 0) is 9.59 Å². The molecule has 29 heavy (non-hydrogen) atoms. The van der Waals surface area contributed by atoms with Gasteiger partial charge in [-0.3, -0.25) is 9.59 Å². The number of aromatic nitrogens is 2. The summed E-state index contributed by atoms with van der Waals surface area (Å²) in [6, 6.07) is 6.87. The highest BCUT2D eigenvalue weighted by Crippen LogP contribution is 2.30. The Balaban J connectivity index is 2.26. The van der Waals surface area contributed by atoms with Crippen LogP contribution < -0.4 is 21.1 Å². The molecule has 158 valence electrons. The highest BCUT2D eigenvalue weighted by atomic mass is 32.1. The molecule has 2 aromatic rings. The third-order valence-corrected chi connectivity index (χ3v) is 5.63. The molecule has 1 aromatic heterocycles. The molecule has 1 heterocycles. The summed E-state index contributed by atoms with van der Waals surface area (Å²) in [6.45, 7) is 4.66. The molecule has 0 fully saturated rings. The number of rotatable bonds is 10. The van der Waals surface area contributed by atoms with Crippen LogP contribution in [0, 0.1) is 5.92 Å². The molecule has 0 aliphatic rings. The summed E-state index contributed by atoms with van der Waals surface area (Å²) in [7, 11) is 1.61. The molecule has 0 aliphatic heterocycles. The summed E-state index contributed by atoms with van der Waals surface area (Å²) in [5.74, 6) is 0.160. The third-order valence-electron chi connectivity index (χ3n) is 4.67. The van der Waals surface area contributed by atoms with Crippen LogP contribution in [-0.4, -0.2) is 41.7 Å². The van der Waals surface area contributed by atoms with E-state index in [1.165, 1.54) is 16.2 Å². The van der Waals surface area contributed by atoms with Crippen LogP contribution in [0.15, 0.2) is 24.3 Å². The highest BCUT2D eigenvalue weighted by molar-refractivity contribution is 7.18. The summed E-state index contributed by atoms with van der Waals surface area (Å²) < 4.78 is 5.17. The van der Waals surface area contributed by atoms with Crippen molar-refractivity contribution in [3.63, 3.8) is 0 Å². The highest BCUT2D eigenvalue weighted by Gasteiger charge is 2.34. The number of anilines is 1. The van der Waals surface area contributed by atoms with Crippen LogP contribution in [0.2, 0.25) is 0 Å². The van der Waals surface area contributed by atoms with E-state index >= 15 is 0 Å². The normalized spacial score (nSPS) is 12.1. The number of unbranched alkanes of at least 4 members (excludes halogenated alkanes) is 2. The number of hydrogen-bond acceptors (Lipinski definition) is 6. The molecule has 9 heteroatoms. The SMILES string of the molecule is COc1ccc(-c2nnc(N(C(=O)CCCCC[NH3+])C(=O)[C@H]([NH3+])C(C)C)s2)cc1. The van der Waals surface area contributed by atoms with Crippen LogP contribution in [0.25, 0.3) is 10.6 Å². The summed E-state index contributed by atoms with van der Waals surface area (Å²) in [5.41, 5.74) is 8.61. The topological polar surface area (TPSA) is 128 Å². The Morgan fingerprint density at radius 1 is 1.14 bits per heavy atom. The van der Waals surface area contributed by atoms with Crippen molar-refractivity contribution in [3.8, 4) is 16.3 Å². The van der Waals surface area contributed by atoms with E-state index in [-0.39, 0.29) is 29.3 Å². The number of hydrogen-bond donors (Lipinski definition) is 2. The van der Waals surface area contributed by atoms with Crippen molar-refractivity contribution in [2.75, 3.05) is 18.6 Å². The van der Waals surface area contributed by atoms with Crippen molar-refractivity contribution in [2.45, 2.75) is 45.6 Å². The Labute approximate surface area is 175 Å². The molecule has 8 nitrogen and oxygen atoms in total. The summed E-state index contributed by atoms with van der Waals surface area (Å²) in [6.07, 6.45) is 2.87. The van der Waals surface area contributed by atoms with Crippen molar-refractivity contribution in [1.29, 1.82) is 0 Å². The predicted molar refractivity (Wildman–Crippen MR) is 112 cm³/mol. The fraction of sp³-hybridized carbons (Fsp3) is 0.500. The lowest BCUT2D eigenvalue weighted by atomic mass is 10.0. The molecule has 1 atom stereocenters. The quantitative estimate of drug-likeness (QED) is 0.556.